The van der Waals surface area contributed by atoms with Crippen molar-refractivity contribution in [3.63, 3.8) is 0 Å². The Balaban J connectivity index is 1.25. The number of nitrogens with zero attached hydrogens (tertiary/aromatic N) is 1. The van der Waals surface area contributed by atoms with Crippen LogP contribution in [0.25, 0.3) is 11.1 Å². The Morgan fingerprint density at radius 2 is 1.46 bits per heavy atom. The molecule has 28 heavy (non-hydrogen) atoms. The Morgan fingerprint density at radius 3 is 2.18 bits per heavy atom. The van der Waals surface area contributed by atoms with Crippen LogP contribution < -0.4 is 5.32 Å². The summed E-state index contributed by atoms with van der Waals surface area (Å²) in [7, 11) is 0. The second-order valence-electron chi connectivity index (χ2n) is 7.59. The SMILES string of the molecule is Clc1ccccc1-c1ccc(CNC2CCN(Cc3ccccc3)CC2)cc1. The third-order valence-electron chi connectivity index (χ3n) is 5.57. The molecule has 3 heteroatoms. The Hall–Kier alpha value is -2.13. The second-order valence-corrected chi connectivity index (χ2v) is 8.00. The van der Waals surface area contributed by atoms with E-state index in [1.54, 1.807) is 0 Å². The summed E-state index contributed by atoms with van der Waals surface area (Å²) >= 11 is 6.31. The monoisotopic (exact) mass is 390 g/mol. The smallest absolute Gasteiger partial charge is 0.0484 e. The van der Waals surface area contributed by atoms with Crippen LogP contribution in [0.4, 0.5) is 0 Å². The summed E-state index contributed by atoms with van der Waals surface area (Å²) in [4.78, 5) is 2.56. The summed E-state index contributed by atoms with van der Waals surface area (Å²) in [5.74, 6) is 0. The van der Waals surface area contributed by atoms with E-state index in [1.807, 2.05) is 18.2 Å². The highest BCUT2D eigenvalue weighted by atomic mass is 35.5. The number of hydrogen-bond donors (Lipinski definition) is 1. The highest BCUT2D eigenvalue weighted by Crippen LogP contribution is 2.27. The van der Waals surface area contributed by atoms with Gasteiger partial charge in [0.15, 0.2) is 0 Å². The van der Waals surface area contributed by atoms with Gasteiger partial charge in [-0.3, -0.25) is 4.90 Å². The number of hydrogen-bond acceptors (Lipinski definition) is 2. The predicted octanol–water partition coefficient (Wildman–Crippen LogP) is 5.76. The lowest BCUT2D eigenvalue weighted by atomic mass is 10.0. The van der Waals surface area contributed by atoms with Gasteiger partial charge in [0.05, 0.1) is 0 Å². The third kappa shape index (κ3) is 5.02. The lowest BCUT2D eigenvalue weighted by Crippen LogP contribution is -2.41. The van der Waals surface area contributed by atoms with Crippen molar-refractivity contribution in [3.8, 4) is 11.1 Å². The molecule has 0 atom stereocenters. The van der Waals surface area contributed by atoms with E-state index in [4.69, 9.17) is 11.6 Å². The van der Waals surface area contributed by atoms with Crippen molar-refractivity contribution < 1.29 is 0 Å². The van der Waals surface area contributed by atoms with Gasteiger partial charge < -0.3 is 5.32 Å². The maximum atomic E-state index is 6.31. The summed E-state index contributed by atoms with van der Waals surface area (Å²) in [5.41, 5.74) is 4.99. The average Bonchev–Trinajstić information content (AvgIpc) is 2.75. The van der Waals surface area contributed by atoms with Crippen LogP contribution in [0.15, 0.2) is 78.9 Å². The molecule has 1 heterocycles. The molecule has 1 aliphatic rings. The van der Waals surface area contributed by atoms with E-state index >= 15 is 0 Å². The van der Waals surface area contributed by atoms with Crippen LogP contribution in [0, 0.1) is 0 Å². The van der Waals surface area contributed by atoms with Crippen LogP contribution >= 0.6 is 11.6 Å². The molecule has 0 spiro atoms. The number of nitrogens with one attached hydrogen (secondary N) is 1. The molecule has 0 unspecified atom stereocenters. The van der Waals surface area contributed by atoms with E-state index in [9.17, 15) is 0 Å². The topological polar surface area (TPSA) is 15.3 Å². The van der Waals surface area contributed by atoms with Crippen molar-refractivity contribution in [1.29, 1.82) is 0 Å². The van der Waals surface area contributed by atoms with E-state index < -0.39 is 0 Å². The number of likely N-dealkylation sites (tertiary alicyclic amines) is 1. The first-order valence-corrected chi connectivity index (χ1v) is 10.5. The molecule has 1 aliphatic heterocycles. The fourth-order valence-corrected chi connectivity index (χ4v) is 4.14. The molecule has 0 aromatic heterocycles. The molecule has 0 radical (unpaired) electrons. The van der Waals surface area contributed by atoms with Crippen molar-refractivity contribution in [2.75, 3.05) is 13.1 Å². The van der Waals surface area contributed by atoms with Crippen molar-refractivity contribution >= 4 is 11.6 Å². The van der Waals surface area contributed by atoms with Crippen LogP contribution in [0.3, 0.4) is 0 Å². The van der Waals surface area contributed by atoms with Gasteiger partial charge in [-0.05, 0) is 48.7 Å². The average molecular weight is 391 g/mol. The van der Waals surface area contributed by atoms with Crippen molar-refractivity contribution in [3.05, 3.63) is 95.0 Å². The second kappa shape index (κ2) is 9.38. The zero-order valence-electron chi connectivity index (χ0n) is 16.2. The minimum atomic E-state index is 0.607. The molecule has 0 aliphatic carbocycles. The van der Waals surface area contributed by atoms with Gasteiger partial charge in [-0.1, -0.05) is 84.4 Å². The summed E-state index contributed by atoms with van der Waals surface area (Å²) in [6, 6.07) is 28.1. The molecule has 2 nitrogen and oxygen atoms in total. The molecule has 0 saturated carbocycles. The largest absolute Gasteiger partial charge is 0.310 e. The van der Waals surface area contributed by atoms with Gasteiger partial charge in [0.1, 0.15) is 0 Å². The van der Waals surface area contributed by atoms with Crippen LogP contribution in [-0.2, 0) is 13.1 Å². The molecule has 144 valence electrons. The van der Waals surface area contributed by atoms with Crippen LogP contribution in [-0.4, -0.2) is 24.0 Å². The van der Waals surface area contributed by atoms with Crippen molar-refractivity contribution in [2.24, 2.45) is 0 Å². The zero-order valence-corrected chi connectivity index (χ0v) is 16.9. The van der Waals surface area contributed by atoms with Gasteiger partial charge in [0, 0.05) is 29.7 Å². The third-order valence-corrected chi connectivity index (χ3v) is 5.90. The maximum Gasteiger partial charge on any atom is 0.0484 e. The fourth-order valence-electron chi connectivity index (χ4n) is 3.90. The van der Waals surface area contributed by atoms with E-state index in [0.29, 0.717) is 6.04 Å². The summed E-state index contributed by atoms with van der Waals surface area (Å²) in [6.45, 7) is 4.32. The van der Waals surface area contributed by atoms with E-state index in [-0.39, 0.29) is 0 Å². The van der Waals surface area contributed by atoms with E-state index in [0.717, 1.165) is 36.8 Å². The Kier molecular flexibility index (Phi) is 6.43. The minimum Gasteiger partial charge on any atom is -0.310 e. The summed E-state index contributed by atoms with van der Waals surface area (Å²) in [6.07, 6.45) is 2.43. The number of piperidine rings is 1. The Bertz CT molecular complexity index is 869. The van der Waals surface area contributed by atoms with Gasteiger partial charge in [0.2, 0.25) is 0 Å². The Morgan fingerprint density at radius 1 is 0.786 bits per heavy atom. The molecule has 4 rings (SSSR count). The van der Waals surface area contributed by atoms with E-state index in [2.05, 4.69) is 70.9 Å². The molecule has 1 saturated heterocycles. The number of benzene rings is 3. The molecule has 0 amide bonds. The molecular formula is C25H27ClN2. The van der Waals surface area contributed by atoms with Gasteiger partial charge in [-0.15, -0.1) is 0 Å². The van der Waals surface area contributed by atoms with Crippen LogP contribution in [0.5, 0.6) is 0 Å². The predicted molar refractivity (Wildman–Crippen MR) is 118 cm³/mol. The van der Waals surface area contributed by atoms with E-state index in [1.165, 1.54) is 29.5 Å². The lowest BCUT2D eigenvalue weighted by Gasteiger charge is -2.32. The summed E-state index contributed by atoms with van der Waals surface area (Å²) in [5, 5.41) is 4.54. The number of rotatable bonds is 6. The standard InChI is InChI=1S/C25H27ClN2/c26-25-9-5-4-8-24(25)22-12-10-20(11-13-22)18-27-23-14-16-28(17-15-23)19-21-6-2-1-3-7-21/h1-13,23,27H,14-19H2. The summed E-state index contributed by atoms with van der Waals surface area (Å²) < 4.78 is 0. The highest BCUT2D eigenvalue weighted by Gasteiger charge is 2.18. The van der Waals surface area contributed by atoms with Crippen molar-refractivity contribution in [1.82, 2.24) is 10.2 Å². The molecule has 1 fully saturated rings. The normalized spacial score (nSPS) is 15.6. The molecule has 1 N–H and O–H groups in total. The zero-order chi connectivity index (χ0) is 19.2. The molecular weight excluding hydrogens is 364 g/mol. The maximum absolute atomic E-state index is 6.31. The molecule has 0 bridgehead atoms. The highest BCUT2D eigenvalue weighted by molar-refractivity contribution is 6.33. The van der Waals surface area contributed by atoms with Crippen LogP contribution in [0.1, 0.15) is 24.0 Å². The van der Waals surface area contributed by atoms with Gasteiger partial charge >= 0.3 is 0 Å². The number of halogens is 1. The first-order valence-electron chi connectivity index (χ1n) is 10.1. The van der Waals surface area contributed by atoms with Crippen LogP contribution in [0.2, 0.25) is 5.02 Å². The molecule has 3 aromatic rings. The van der Waals surface area contributed by atoms with Gasteiger partial charge in [-0.2, -0.15) is 0 Å². The fraction of sp³-hybridized carbons (Fsp3) is 0.280. The Labute approximate surface area is 173 Å². The first-order chi connectivity index (χ1) is 13.8. The quantitative estimate of drug-likeness (QED) is 0.575. The molecule has 3 aromatic carbocycles. The first kappa shape index (κ1) is 19.2. The van der Waals surface area contributed by atoms with Gasteiger partial charge in [-0.25, -0.2) is 0 Å². The van der Waals surface area contributed by atoms with Crippen molar-refractivity contribution in [2.45, 2.75) is 32.0 Å². The minimum absolute atomic E-state index is 0.607. The van der Waals surface area contributed by atoms with Gasteiger partial charge in [0.25, 0.3) is 0 Å². The lowest BCUT2D eigenvalue weighted by molar-refractivity contribution is 0.190.